The molecule has 144 valence electrons. The lowest BCUT2D eigenvalue weighted by Gasteiger charge is -2.20. The first-order valence-corrected chi connectivity index (χ1v) is 10.0. The van der Waals surface area contributed by atoms with Crippen LogP contribution in [-0.4, -0.2) is 55.7 Å². The number of benzene rings is 1. The number of likely N-dealkylation sites (tertiary alicyclic amines) is 1. The first-order valence-electron chi connectivity index (χ1n) is 10.0. The van der Waals surface area contributed by atoms with E-state index in [1.165, 1.54) is 30.4 Å². The van der Waals surface area contributed by atoms with Crippen molar-refractivity contribution in [2.45, 2.75) is 64.6 Å². The highest BCUT2D eigenvalue weighted by Gasteiger charge is 2.38. The minimum Gasteiger partial charge on any atom is -0.496 e. The predicted molar refractivity (Wildman–Crippen MR) is 108 cm³/mol. The van der Waals surface area contributed by atoms with Gasteiger partial charge in [-0.2, -0.15) is 0 Å². The molecule has 0 amide bonds. The Morgan fingerprint density at radius 2 is 2.15 bits per heavy atom. The molecule has 2 unspecified atom stereocenters. The van der Waals surface area contributed by atoms with Crippen molar-refractivity contribution in [3.05, 3.63) is 29.3 Å². The molecular formula is C21H34N4O. The summed E-state index contributed by atoms with van der Waals surface area (Å²) in [6, 6.07) is 8.43. The summed E-state index contributed by atoms with van der Waals surface area (Å²) in [5.41, 5.74) is 2.44. The average molecular weight is 359 g/mol. The van der Waals surface area contributed by atoms with E-state index in [2.05, 4.69) is 54.5 Å². The van der Waals surface area contributed by atoms with Gasteiger partial charge in [0, 0.05) is 37.8 Å². The minimum atomic E-state index is 0.503. The van der Waals surface area contributed by atoms with Crippen molar-refractivity contribution in [3.8, 4) is 5.75 Å². The number of nitrogens with zero attached hydrogens (tertiary/aromatic N) is 2. The smallest absolute Gasteiger partial charge is 0.191 e. The number of hydrogen-bond donors (Lipinski definition) is 2. The molecule has 1 aliphatic heterocycles. The maximum absolute atomic E-state index is 5.42. The fourth-order valence-electron chi connectivity index (χ4n) is 3.91. The molecule has 2 fully saturated rings. The Balaban J connectivity index is 1.53. The number of guanidine groups is 1. The van der Waals surface area contributed by atoms with E-state index in [0.717, 1.165) is 43.8 Å². The van der Waals surface area contributed by atoms with E-state index in [4.69, 9.17) is 9.73 Å². The molecule has 5 heteroatoms. The van der Waals surface area contributed by atoms with Gasteiger partial charge in [-0.15, -0.1) is 0 Å². The van der Waals surface area contributed by atoms with Crippen LogP contribution in [0, 0.1) is 6.92 Å². The van der Waals surface area contributed by atoms with Crippen molar-refractivity contribution in [1.82, 2.24) is 15.5 Å². The van der Waals surface area contributed by atoms with E-state index >= 15 is 0 Å². The molecule has 1 heterocycles. The van der Waals surface area contributed by atoms with Crippen LogP contribution in [0.15, 0.2) is 23.2 Å². The SMILES string of the molecule is CCNC(=NCCc1ccc(C)c(OC)c1)NC1CC(C)N(C2CC2)C1. The van der Waals surface area contributed by atoms with Crippen molar-refractivity contribution < 1.29 is 4.74 Å². The summed E-state index contributed by atoms with van der Waals surface area (Å²) in [6.07, 6.45) is 4.88. The third-order valence-corrected chi connectivity index (χ3v) is 5.47. The second-order valence-electron chi connectivity index (χ2n) is 7.67. The van der Waals surface area contributed by atoms with E-state index < -0.39 is 0 Å². The monoisotopic (exact) mass is 358 g/mol. The van der Waals surface area contributed by atoms with Gasteiger partial charge in [0.05, 0.1) is 7.11 Å². The van der Waals surface area contributed by atoms with Gasteiger partial charge < -0.3 is 15.4 Å². The van der Waals surface area contributed by atoms with Crippen LogP contribution >= 0.6 is 0 Å². The predicted octanol–water partition coefficient (Wildman–Crippen LogP) is 2.73. The molecule has 1 saturated carbocycles. The topological polar surface area (TPSA) is 48.9 Å². The Morgan fingerprint density at radius 1 is 1.35 bits per heavy atom. The molecule has 1 aromatic rings. The molecule has 2 aliphatic rings. The number of methoxy groups -OCH3 is 1. The molecule has 5 nitrogen and oxygen atoms in total. The average Bonchev–Trinajstić information content (AvgIpc) is 3.40. The van der Waals surface area contributed by atoms with Gasteiger partial charge in [-0.1, -0.05) is 12.1 Å². The number of aryl methyl sites for hydroxylation is 1. The lowest BCUT2D eigenvalue weighted by atomic mass is 10.1. The van der Waals surface area contributed by atoms with Crippen LogP contribution in [0.4, 0.5) is 0 Å². The highest BCUT2D eigenvalue weighted by molar-refractivity contribution is 5.80. The Hall–Kier alpha value is -1.75. The van der Waals surface area contributed by atoms with Crippen molar-refractivity contribution in [3.63, 3.8) is 0 Å². The molecule has 1 saturated heterocycles. The fourth-order valence-corrected chi connectivity index (χ4v) is 3.91. The summed E-state index contributed by atoms with van der Waals surface area (Å²) in [6.45, 7) is 9.35. The molecule has 1 aliphatic carbocycles. The highest BCUT2D eigenvalue weighted by Crippen LogP contribution is 2.33. The molecule has 0 radical (unpaired) electrons. The molecule has 1 aromatic carbocycles. The van der Waals surface area contributed by atoms with E-state index in [1.54, 1.807) is 7.11 Å². The zero-order valence-corrected chi connectivity index (χ0v) is 16.7. The van der Waals surface area contributed by atoms with Gasteiger partial charge in [0.2, 0.25) is 0 Å². The first kappa shape index (κ1) is 19.0. The van der Waals surface area contributed by atoms with Crippen LogP contribution in [0.1, 0.15) is 44.2 Å². The van der Waals surface area contributed by atoms with Gasteiger partial charge in [-0.05, 0) is 63.6 Å². The van der Waals surface area contributed by atoms with E-state index in [0.29, 0.717) is 12.1 Å². The normalized spacial score (nSPS) is 23.9. The summed E-state index contributed by atoms with van der Waals surface area (Å²) in [4.78, 5) is 7.46. The van der Waals surface area contributed by atoms with Crippen LogP contribution in [0.2, 0.25) is 0 Å². The molecule has 2 atom stereocenters. The molecule has 3 rings (SSSR count). The van der Waals surface area contributed by atoms with Crippen molar-refractivity contribution in [1.29, 1.82) is 0 Å². The molecule has 0 aromatic heterocycles. The van der Waals surface area contributed by atoms with Crippen LogP contribution in [0.5, 0.6) is 5.75 Å². The van der Waals surface area contributed by atoms with E-state index in [1.807, 2.05) is 0 Å². The lowest BCUT2D eigenvalue weighted by molar-refractivity contribution is 0.256. The number of hydrogen-bond acceptors (Lipinski definition) is 3. The first-order chi connectivity index (χ1) is 12.6. The molecule has 2 N–H and O–H groups in total. The van der Waals surface area contributed by atoms with Gasteiger partial charge in [0.15, 0.2) is 5.96 Å². The van der Waals surface area contributed by atoms with Crippen LogP contribution < -0.4 is 15.4 Å². The summed E-state index contributed by atoms with van der Waals surface area (Å²) < 4.78 is 5.42. The Bertz CT molecular complexity index is 626. The van der Waals surface area contributed by atoms with Crippen LogP contribution in [-0.2, 0) is 6.42 Å². The summed E-state index contributed by atoms with van der Waals surface area (Å²) in [5.74, 6) is 1.90. The zero-order chi connectivity index (χ0) is 18.5. The molecular weight excluding hydrogens is 324 g/mol. The maximum Gasteiger partial charge on any atom is 0.191 e. The standard InChI is InChI=1S/C21H34N4O/c1-5-22-21(24-18-12-16(3)25(14-18)19-8-9-19)23-11-10-17-7-6-15(2)20(13-17)26-4/h6-7,13,16,18-19H,5,8-12,14H2,1-4H3,(H2,22,23,24). The fraction of sp³-hybridized carbons (Fsp3) is 0.667. The van der Waals surface area contributed by atoms with Gasteiger partial charge in [0.25, 0.3) is 0 Å². The van der Waals surface area contributed by atoms with Crippen LogP contribution in [0.3, 0.4) is 0 Å². The molecule has 26 heavy (non-hydrogen) atoms. The van der Waals surface area contributed by atoms with Gasteiger partial charge in [0.1, 0.15) is 5.75 Å². The largest absolute Gasteiger partial charge is 0.496 e. The van der Waals surface area contributed by atoms with Crippen molar-refractivity contribution in [2.75, 3.05) is 26.7 Å². The Labute approximate surface area is 158 Å². The zero-order valence-electron chi connectivity index (χ0n) is 16.7. The van der Waals surface area contributed by atoms with Crippen molar-refractivity contribution in [2.24, 2.45) is 4.99 Å². The number of nitrogens with one attached hydrogen (secondary N) is 2. The minimum absolute atomic E-state index is 0.503. The summed E-state index contributed by atoms with van der Waals surface area (Å²) >= 11 is 0. The second kappa shape index (κ2) is 8.76. The number of rotatable bonds is 7. The van der Waals surface area contributed by atoms with Gasteiger partial charge >= 0.3 is 0 Å². The second-order valence-corrected chi connectivity index (χ2v) is 7.67. The quantitative estimate of drug-likeness (QED) is 0.581. The van der Waals surface area contributed by atoms with Crippen LogP contribution in [0.25, 0.3) is 0 Å². The van der Waals surface area contributed by atoms with Gasteiger partial charge in [-0.25, -0.2) is 0 Å². The lowest BCUT2D eigenvalue weighted by Crippen LogP contribution is -2.44. The molecule has 0 spiro atoms. The number of aliphatic imine (C=N–C) groups is 1. The number of ether oxygens (including phenoxy) is 1. The third-order valence-electron chi connectivity index (χ3n) is 5.47. The maximum atomic E-state index is 5.42. The molecule has 0 bridgehead atoms. The Kier molecular flexibility index (Phi) is 6.41. The highest BCUT2D eigenvalue weighted by atomic mass is 16.5. The van der Waals surface area contributed by atoms with E-state index in [-0.39, 0.29) is 0 Å². The third kappa shape index (κ3) is 4.91. The summed E-state index contributed by atoms with van der Waals surface area (Å²) in [7, 11) is 1.73. The van der Waals surface area contributed by atoms with Gasteiger partial charge in [-0.3, -0.25) is 9.89 Å². The Morgan fingerprint density at radius 3 is 2.85 bits per heavy atom. The van der Waals surface area contributed by atoms with Crippen molar-refractivity contribution >= 4 is 5.96 Å². The summed E-state index contributed by atoms with van der Waals surface area (Å²) in [5, 5.41) is 7.05. The van der Waals surface area contributed by atoms with E-state index in [9.17, 15) is 0 Å².